The molecule has 2 aromatic rings. The standard InChI is InChI=1S/C15H20N4O2S/c1-9-13(22-15(17-9)10(2)21-5)14(20)18-12-7-6-11(8-16-12)19(3)4/h6-8,10H,1-5H3,(H,16,18,20). The molecule has 0 aliphatic carbocycles. The molecule has 2 heterocycles. The van der Waals surface area contributed by atoms with E-state index in [1.807, 2.05) is 38.9 Å². The molecule has 0 aromatic carbocycles. The number of nitrogens with one attached hydrogen (secondary N) is 1. The summed E-state index contributed by atoms with van der Waals surface area (Å²) in [5.41, 5.74) is 1.68. The third-order valence-electron chi connectivity index (χ3n) is 3.23. The number of pyridine rings is 1. The van der Waals surface area contributed by atoms with Gasteiger partial charge in [0.1, 0.15) is 21.8 Å². The van der Waals surface area contributed by atoms with Crippen molar-refractivity contribution in [3.63, 3.8) is 0 Å². The van der Waals surface area contributed by atoms with Crippen molar-refractivity contribution in [2.24, 2.45) is 0 Å². The summed E-state index contributed by atoms with van der Waals surface area (Å²) in [5, 5.41) is 3.59. The van der Waals surface area contributed by atoms with Gasteiger partial charge >= 0.3 is 0 Å². The number of aromatic nitrogens is 2. The van der Waals surface area contributed by atoms with Crippen molar-refractivity contribution < 1.29 is 9.53 Å². The molecule has 0 aliphatic rings. The lowest BCUT2D eigenvalue weighted by Gasteiger charge is -2.12. The Bertz CT molecular complexity index is 652. The second kappa shape index (κ2) is 6.85. The Labute approximate surface area is 134 Å². The van der Waals surface area contributed by atoms with Crippen molar-refractivity contribution in [1.29, 1.82) is 0 Å². The predicted molar refractivity (Wildman–Crippen MR) is 88.8 cm³/mol. The maximum Gasteiger partial charge on any atom is 0.268 e. The summed E-state index contributed by atoms with van der Waals surface area (Å²) in [6.45, 7) is 3.72. The quantitative estimate of drug-likeness (QED) is 0.917. The summed E-state index contributed by atoms with van der Waals surface area (Å²) >= 11 is 1.34. The fourth-order valence-electron chi connectivity index (χ4n) is 1.80. The van der Waals surface area contributed by atoms with Gasteiger partial charge in [-0.1, -0.05) is 0 Å². The van der Waals surface area contributed by atoms with Crippen molar-refractivity contribution in [3.8, 4) is 0 Å². The highest BCUT2D eigenvalue weighted by atomic mass is 32.1. The number of carbonyl (C=O) groups excluding carboxylic acids is 1. The molecular formula is C15H20N4O2S. The lowest BCUT2D eigenvalue weighted by atomic mass is 10.3. The number of aryl methyl sites for hydroxylation is 1. The van der Waals surface area contributed by atoms with Crippen molar-refractivity contribution in [2.75, 3.05) is 31.4 Å². The first-order chi connectivity index (χ1) is 10.4. The molecule has 118 valence electrons. The number of anilines is 2. The lowest BCUT2D eigenvalue weighted by Crippen LogP contribution is -2.13. The van der Waals surface area contributed by atoms with E-state index in [4.69, 9.17) is 4.74 Å². The second-order valence-corrected chi connectivity index (χ2v) is 6.13. The average Bonchev–Trinajstić information content (AvgIpc) is 2.89. The van der Waals surface area contributed by atoms with Crippen LogP contribution in [0.4, 0.5) is 11.5 Å². The maximum absolute atomic E-state index is 12.3. The zero-order chi connectivity index (χ0) is 16.3. The van der Waals surface area contributed by atoms with Gasteiger partial charge < -0.3 is 15.0 Å². The van der Waals surface area contributed by atoms with Crippen molar-refractivity contribution in [3.05, 3.63) is 33.9 Å². The zero-order valence-corrected chi connectivity index (χ0v) is 14.2. The Morgan fingerprint density at radius 2 is 2.14 bits per heavy atom. The fourth-order valence-corrected chi connectivity index (χ4v) is 2.79. The Hall–Kier alpha value is -1.99. The van der Waals surface area contributed by atoms with E-state index in [0.29, 0.717) is 16.4 Å². The van der Waals surface area contributed by atoms with Gasteiger partial charge in [0.15, 0.2) is 0 Å². The van der Waals surface area contributed by atoms with E-state index >= 15 is 0 Å². The van der Waals surface area contributed by atoms with E-state index in [1.54, 1.807) is 19.4 Å². The lowest BCUT2D eigenvalue weighted by molar-refractivity contribution is 0.102. The van der Waals surface area contributed by atoms with E-state index in [0.717, 1.165) is 10.7 Å². The Kier molecular flexibility index (Phi) is 5.10. The van der Waals surface area contributed by atoms with Crippen LogP contribution in [0.1, 0.15) is 33.4 Å². The van der Waals surface area contributed by atoms with Gasteiger partial charge in [-0.15, -0.1) is 11.3 Å². The fraction of sp³-hybridized carbons (Fsp3) is 0.400. The van der Waals surface area contributed by atoms with Gasteiger partial charge in [-0.25, -0.2) is 9.97 Å². The molecule has 1 N–H and O–H groups in total. The minimum absolute atomic E-state index is 0.122. The normalized spacial score (nSPS) is 12.0. The Morgan fingerprint density at radius 3 is 2.68 bits per heavy atom. The number of rotatable bonds is 5. The van der Waals surface area contributed by atoms with Crippen molar-refractivity contribution >= 4 is 28.7 Å². The van der Waals surface area contributed by atoms with Crippen LogP contribution in [0, 0.1) is 6.92 Å². The number of methoxy groups -OCH3 is 1. The first-order valence-corrected chi connectivity index (χ1v) is 7.69. The highest BCUT2D eigenvalue weighted by Gasteiger charge is 2.18. The van der Waals surface area contributed by atoms with Crippen LogP contribution in [0.3, 0.4) is 0 Å². The largest absolute Gasteiger partial charge is 0.376 e. The number of nitrogens with zero attached hydrogens (tertiary/aromatic N) is 3. The SMILES string of the molecule is COC(C)c1nc(C)c(C(=O)Nc2ccc(N(C)C)cn2)s1. The molecule has 1 atom stereocenters. The van der Waals surface area contributed by atoms with E-state index in [2.05, 4.69) is 15.3 Å². The molecule has 2 rings (SSSR count). The van der Waals surface area contributed by atoms with Crippen LogP contribution >= 0.6 is 11.3 Å². The number of ether oxygens (including phenoxy) is 1. The zero-order valence-electron chi connectivity index (χ0n) is 13.4. The minimum Gasteiger partial charge on any atom is -0.376 e. The third-order valence-corrected chi connectivity index (χ3v) is 4.54. The van der Waals surface area contributed by atoms with Gasteiger partial charge in [0, 0.05) is 21.2 Å². The highest BCUT2D eigenvalue weighted by Crippen LogP contribution is 2.26. The van der Waals surface area contributed by atoms with Gasteiger partial charge in [0.25, 0.3) is 5.91 Å². The van der Waals surface area contributed by atoms with Crippen LogP contribution in [-0.4, -0.2) is 37.1 Å². The summed E-state index contributed by atoms with van der Waals surface area (Å²) in [6.07, 6.45) is 1.59. The van der Waals surface area contributed by atoms with Crippen molar-refractivity contribution in [2.45, 2.75) is 20.0 Å². The number of amides is 1. The highest BCUT2D eigenvalue weighted by molar-refractivity contribution is 7.14. The molecule has 1 amide bonds. The number of thiazole rings is 1. The third kappa shape index (κ3) is 3.61. The Balaban J connectivity index is 2.13. The van der Waals surface area contributed by atoms with E-state index < -0.39 is 0 Å². The molecule has 0 aliphatic heterocycles. The van der Waals surface area contributed by atoms with Gasteiger partial charge in [0.05, 0.1) is 17.6 Å². The van der Waals surface area contributed by atoms with Gasteiger partial charge in [-0.3, -0.25) is 4.79 Å². The molecule has 0 fully saturated rings. The van der Waals surface area contributed by atoms with Crippen LogP contribution in [0.15, 0.2) is 18.3 Å². The number of hydrogen-bond donors (Lipinski definition) is 1. The summed E-state index contributed by atoms with van der Waals surface area (Å²) in [4.78, 5) is 23.5. The molecular weight excluding hydrogens is 300 g/mol. The summed E-state index contributed by atoms with van der Waals surface area (Å²) in [6, 6.07) is 3.68. The van der Waals surface area contributed by atoms with Crippen molar-refractivity contribution in [1.82, 2.24) is 9.97 Å². The molecule has 7 heteroatoms. The monoisotopic (exact) mass is 320 g/mol. The molecule has 0 saturated heterocycles. The van der Waals surface area contributed by atoms with Crippen LogP contribution in [0.25, 0.3) is 0 Å². The molecule has 6 nitrogen and oxygen atoms in total. The summed E-state index contributed by atoms with van der Waals surface area (Å²) < 4.78 is 5.24. The molecule has 0 bridgehead atoms. The number of carbonyl (C=O) groups is 1. The van der Waals surface area contributed by atoms with Gasteiger partial charge in [-0.2, -0.15) is 0 Å². The predicted octanol–water partition coefficient (Wildman–Crippen LogP) is 2.87. The Morgan fingerprint density at radius 1 is 1.41 bits per heavy atom. The smallest absolute Gasteiger partial charge is 0.268 e. The first kappa shape index (κ1) is 16.4. The second-order valence-electron chi connectivity index (χ2n) is 5.09. The van der Waals surface area contributed by atoms with Gasteiger partial charge in [0.2, 0.25) is 0 Å². The van der Waals surface area contributed by atoms with Gasteiger partial charge in [-0.05, 0) is 26.0 Å². The van der Waals surface area contributed by atoms with E-state index in [9.17, 15) is 4.79 Å². The van der Waals surface area contributed by atoms with Crippen LogP contribution in [-0.2, 0) is 4.74 Å². The van der Waals surface area contributed by atoms with Crippen LogP contribution < -0.4 is 10.2 Å². The number of hydrogen-bond acceptors (Lipinski definition) is 6. The van der Waals surface area contributed by atoms with E-state index in [-0.39, 0.29) is 12.0 Å². The summed E-state index contributed by atoms with van der Waals surface area (Å²) in [7, 11) is 5.50. The molecule has 0 saturated carbocycles. The topological polar surface area (TPSA) is 67.3 Å². The molecule has 0 radical (unpaired) electrons. The van der Waals surface area contributed by atoms with E-state index in [1.165, 1.54) is 11.3 Å². The first-order valence-electron chi connectivity index (χ1n) is 6.87. The molecule has 2 aromatic heterocycles. The summed E-state index contributed by atoms with van der Waals surface area (Å²) in [5.74, 6) is 0.319. The minimum atomic E-state index is -0.199. The average molecular weight is 320 g/mol. The maximum atomic E-state index is 12.3. The van der Waals surface area contributed by atoms with Crippen LogP contribution in [0.2, 0.25) is 0 Å². The molecule has 1 unspecified atom stereocenters. The van der Waals surface area contributed by atoms with Crippen LogP contribution in [0.5, 0.6) is 0 Å². The molecule has 0 spiro atoms. The molecule has 22 heavy (non-hydrogen) atoms.